The number of hydrogen-bond acceptors (Lipinski definition) is 4. The van der Waals surface area contributed by atoms with Gasteiger partial charge >= 0.3 is 0 Å². The fourth-order valence-electron chi connectivity index (χ4n) is 2.03. The van der Waals surface area contributed by atoms with E-state index in [2.05, 4.69) is 10.0 Å². The Morgan fingerprint density at radius 1 is 1.29 bits per heavy atom. The molecule has 2 N–H and O–H groups in total. The standard InChI is InChI=1S/C14H21N3O3S/c1-3-15-9-12-8-14(11-17(12)4-2)21(18,19)16-10-13-6-5-7-20-13/h5-8,11,15-16H,3-4,9-10H2,1-2H3. The van der Waals surface area contributed by atoms with Gasteiger partial charge in [-0.3, -0.25) is 0 Å². The van der Waals surface area contributed by atoms with Crippen LogP contribution in [0.4, 0.5) is 0 Å². The highest BCUT2D eigenvalue weighted by Gasteiger charge is 2.18. The average molecular weight is 311 g/mol. The Bertz CT molecular complexity index is 660. The summed E-state index contributed by atoms with van der Waals surface area (Å²) in [5.74, 6) is 0.585. The van der Waals surface area contributed by atoms with Gasteiger partial charge in [-0.1, -0.05) is 6.92 Å². The lowest BCUT2D eigenvalue weighted by molar-refractivity contribution is 0.498. The van der Waals surface area contributed by atoms with Crippen molar-refractivity contribution in [3.05, 3.63) is 42.1 Å². The molecule has 0 aliphatic carbocycles. The number of aryl methyl sites for hydroxylation is 1. The van der Waals surface area contributed by atoms with Gasteiger partial charge in [0.25, 0.3) is 0 Å². The van der Waals surface area contributed by atoms with Crippen molar-refractivity contribution in [3.8, 4) is 0 Å². The largest absolute Gasteiger partial charge is 0.468 e. The molecule has 0 fully saturated rings. The molecule has 2 aromatic rings. The highest BCUT2D eigenvalue weighted by atomic mass is 32.2. The van der Waals surface area contributed by atoms with E-state index >= 15 is 0 Å². The van der Waals surface area contributed by atoms with Crippen LogP contribution in [0.2, 0.25) is 0 Å². The third-order valence-corrected chi connectivity index (χ3v) is 4.55. The van der Waals surface area contributed by atoms with E-state index in [1.54, 1.807) is 24.4 Å². The van der Waals surface area contributed by atoms with E-state index in [0.29, 0.717) is 12.3 Å². The molecule has 2 heterocycles. The van der Waals surface area contributed by atoms with Gasteiger partial charge in [0.1, 0.15) is 5.76 Å². The number of rotatable bonds is 8. The first-order valence-corrected chi connectivity index (χ1v) is 8.47. The van der Waals surface area contributed by atoms with Crippen molar-refractivity contribution >= 4 is 10.0 Å². The van der Waals surface area contributed by atoms with Crippen LogP contribution in [0.25, 0.3) is 0 Å². The minimum Gasteiger partial charge on any atom is -0.468 e. The molecule has 7 heteroatoms. The SMILES string of the molecule is CCNCc1cc(S(=O)(=O)NCc2ccco2)cn1CC. The van der Waals surface area contributed by atoms with Crippen LogP contribution < -0.4 is 10.0 Å². The summed E-state index contributed by atoms with van der Waals surface area (Å²) in [6.07, 6.45) is 3.18. The number of hydrogen-bond donors (Lipinski definition) is 2. The first-order chi connectivity index (χ1) is 10.1. The predicted molar refractivity (Wildman–Crippen MR) is 80.2 cm³/mol. The molecule has 0 radical (unpaired) electrons. The average Bonchev–Trinajstić information content (AvgIpc) is 3.12. The first kappa shape index (κ1) is 15.8. The van der Waals surface area contributed by atoms with E-state index in [1.807, 2.05) is 18.4 Å². The Morgan fingerprint density at radius 2 is 2.10 bits per heavy atom. The van der Waals surface area contributed by atoms with Crippen LogP contribution in [0.15, 0.2) is 40.0 Å². The molecule has 0 atom stereocenters. The molecule has 0 amide bonds. The number of aromatic nitrogens is 1. The molecule has 21 heavy (non-hydrogen) atoms. The minimum atomic E-state index is -3.53. The van der Waals surface area contributed by atoms with E-state index < -0.39 is 10.0 Å². The number of furan rings is 1. The maximum atomic E-state index is 12.3. The topological polar surface area (TPSA) is 76.3 Å². The second-order valence-electron chi connectivity index (χ2n) is 4.64. The Morgan fingerprint density at radius 3 is 2.71 bits per heavy atom. The maximum absolute atomic E-state index is 12.3. The predicted octanol–water partition coefficient (Wildman–Crippen LogP) is 1.69. The molecule has 2 aromatic heterocycles. The summed E-state index contributed by atoms with van der Waals surface area (Å²) in [4.78, 5) is 0.281. The lowest BCUT2D eigenvalue weighted by Gasteiger charge is -2.05. The quantitative estimate of drug-likeness (QED) is 0.778. The first-order valence-electron chi connectivity index (χ1n) is 6.98. The summed E-state index contributed by atoms with van der Waals surface area (Å²) < 4.78 is 34.2. The van der Waals surface area contributed by atoms with Crippen molar-refractivity contribution in [2.75, 3.05) is 6.54 Å². The van der Waals surface area contributed by atoms with Gasteiger partial charge < -0.3 is 14.3 Å². The van der Waals surface area contributed by atoms with Gasteiger partial charge in [-0.2, -0.15) is 0 Å². The molecular weight excluding hydrogens is 290 g/mol. The second kappa shape index (κ2) is 6.93. The van der Waals surface area contributed by atoms with E-state index in [4.69, 9.17) is 4.42 Å². The van der Waals surface area contributed by atoms with Gasteiger partial charge in [-0.05, 0) is 31.7 Å². The van der Waals surface area contributed by atoms with Gasteiger partial charge in [0.2, 0.25) is 10.0 Å². The van der Waals surface area contributed by atoms with Crippen molar-refractivity contribution in [2.24, 2.45) is 0 Å². The Balaban J connectivity index is 2.13. The highest BCUT2D eigenvalue weighted by Crippen LogP contribution is 2.15. The Hall–Kier alpha value is -1.57. The molecule has 0 unspecified atom stereocenters. The minimum absolute atomic E-state index is 0.148. The van der Waals surface area contributed by atoms with Crippen molar-refractivity contribution in [2.45, 2.75) is 38.4 Å². The van der Waals surface area contributed by atoms with Crippen LogP contribution in [0.3, 0.4) is 0 Å². The lowest BCUT2D eigenvalue weighted by Crippen LogP contribution is -2.22. The molecule has 2 rings (SSSR count). The fraction of sp³-hybridized carbons (Fsp3) is 0.429. The third-order valence-electron chi connectivity index (χ3n) is 3.18. The Kier molecular flexibility index (Phi) is 5.22. The number of sulfonamides is 1. The summed E-state index contributed by atoms with van der Waals surface area (Å²) in [6.45, 7) is 6.37. The van der Waals surface area contributed by atoms with Crippen molar-refractivity contribution in [1.82, 2.24) is 14.6 Å². The molecule has 0 aromatic carbocycles. The smallest absolute Gasteiger partial charge is 0.242 e. The zero-order valence-corrected chi connectivity index (χ0v) is 13.1. The highest BCUT2D eigenvalue weighted by molar-refractivity contribution is 7.89. The van der Waals surface area contributed by atoms with Crippen molar-refractivity contribution < 1.29 is 12.8 Å². The summed E-state index contributed by atoms with van der Waals surface area (Å²) in [5, 5.41) is 3.21. The molecule has 0 saturated heterocycles. The van der Waals surface area contributed by atoms with Gasteiger partial charge in [0.15, 0.2) is 0 Å². The molecule has 0 spiro atoms. The summed E-state index contributed by atoms with van der Waals surface area (Å²) in [6, 6.07) is 5.17. The van der Waals surface area contributed by atoms with E-state index in [9.17, 15) is 8.42 Å². The van der Waals surface area contributed by atoms with Gasteiger partial charge in [0, 0.05) is 25.0 Å². The molecule has 0 aliphatic rings. The zero-order chi connectivity index (χ0) is 15.3. The van der Waals surface area contributed by atoms with Gasteiger partial charge in [-0.15, -0.1) is 0 Å². The molecule has 116 valence electrons. The van der Waals surface area contributed by atoms with Gasteiger partial charge in [-0.25, -0.2) is 13.1 Å². The summed E-state index contributed by atoms with van der Waals surface area (Å²) >= 11 is 0. The van der Waals surface area contributed by atoms with E-state index in [-0.39, 0.29) is 11.4 Å². The lowest BCUT2D eigenvalue weighted by atomic mass is 10.4. The number of nitrogens with one attached hydrogen (secondary N) is 2. The van der Waals surface area contributed by atoms with Crippen LogP contribution in [0, 0.1) is 0 Å². The van der Waals surface area contributed by atoms with Crippen LogP contribution in [-0.4, -0.2) is 19.5 Å². The Labute approximate surface area is 125 Å². The van der Waals surface area contributed by atoms with Crippen molar-refractivity contribution in [1.29, 1.82) is 0 Å². The molecule has 0 bridgehead atoms. The van der Waals surface area contributed by atoms with E-state index in [1.165, 1.54) is 6.26 Å². The fourth-order valence-corrected chi connectivity index (χ4v) is 3.09. The van der Waals surface area contributed by atoms with E-state index in [0.717, 1.165) is 18.8 Å². The molecule has 6 nitrogen and oxygen atoms in total. The zero-order valence-electron chi connectivity index (χ0n) is 12.3. The van der Waals surface area contributed by atoms with Crippen molar-refractivity contribution in [3.63, 3.8) is 0 Å². The van der Waals surface area contributed by atoms with Crippen LogP contribution in [-0.2, 0) is 29.7 Å². The van der Waals surface area contributed by atoms with Gasteiger partial charge in [0.05, 0.1) is 17.7 Å². The summed E-state index contributed by atoms with van der Waals surface area (Å²) in [5.41, 5.74) is 0.956. The third kappa shape index (κ3) is 3.96. The number of nitrogens with zero attached hydrogens (tertiary/aromatic N) is 1. The molecule has 0 saturated carbocycles. The van der Waals surface area contributed by atoms with Crippen LogP contribution >= 0.6 is 0 Å². The molecular formula is C14H21N3O3S. The second-order valence-corrected chi connectivity index (χ2v) is 6.40. The normalized spacial score (nSPS) is 11.9. The van der Waals surface area contributed by atoms with Crippen LogP contribution in [0.1, 0.15) is 25.3 Å². The molecule has 0 aliphatic heterocycles. The summed E-state index contributed by atoms with van der Waals surface area (Å²) in [7, 11) is -3.53. The maximum Gasteiger partial charge on any atom is 0.242 e. The monoisotopic (exact) mass is 311 g/mol. The van der Waals surface area contributed by atoms with Crippen LogP contribution in [0.5, 0.6) is 0 Å².